The summed E-state index contributed by atoms with van der Waals surface area (Å²) < 4.78 is 16.0. The molecule has 2 aromatic heterocycles. The molecule has 3 aromatic carbocycles. The minimum atomic E-state index is -1.09. The van der Waals surface area contributed by atoms with Gasteiger partial charge in [-0.3, -0.25) is 19.5 Å². The van der Waals surface area contributed by atoms with Gasteiger partial charge in [0.2, 0.25) is 11.8 Å². The molecule has 0 bridgehead atoms. The number of aromatic nitrogens is 4. The van der Waals surface area contributed by atoms with Crippen LogP contribution in [0.25, 0.3) is 21.9 Å². The van der Waals surface area contributed by atoms with Crippen LogP contribution in [0, 0.1) is 5.82 Å². The number of rotatable bonds is 8. The molecule has 1 atom stereocenters. The molecular formula is C30H29FN6O2. The van der Waals surface area contributed by atoms with Gasteiger partial charge in [0.05, 0.1) is 11.0 Å². The van der Waals surface area contributed by atoms with Crippen LogP contribution < -0.4 is 10.2 Å². The minimum absolute atomic E-state index is 0.201. The van der Waals surface area contributed by atoms with Gasteiger partial charge in [0, 0.05) is 22.8 Å². The molecule has 0 saturated carbocycles. The fraction of sp³-hybridized carbons (Fsp3) is 0.233. The lowest BCUT2D eigenvalue weighted by atomic mass is 9.97. The Morgan fingerprint density at radius 1 is 1.00 bits per heavy atom. The zero-order valence-electron chi connectivity index (χ0n) is 22.0. The number of carbonyl (C=O) groups excluding carboxylic acids is 2. The molecule has 1 N–H and O–H groups in total. The zero-order chi connectivity index (χ0) is 27.6. The number of para-hydroxylation sites is 1. The first-order valence-electron chi connectivity index (χ1n) is 12.8. The topological polar surface area (TPSA) is 93.0 Å². The van der Waals surface area contributed by atoms with Crippen molar-refractivity contribution in [2.45, 2.75) is 45.3 Å². The van der Waals surface area contributed by atoms with Crippen LogP contribution in [-0.4, -0.2) is 37.3 Å². The third-order valence-electron chi connectivity index (χ3n) is 6.86. The lowest BCUT2D eigenvalue weighted by molar-refractivity contribution is -0.128. The SMILES string of the molecule is CCC(C)(C)NC(=O)C(c1ccc2ncccc2c1)N(C(=O)Cn1nnc2ccccc21)c1cccc(F)c1. The first-order chi connectivity index (χ1) is 18.8. The molecule has 8 nitrogen and oxygen atoms in total. The smallest absolute Gasteiger partial charge is 0.249 e. The van der Waals surface area contributed by atoms with Crippen molar-refractivity contribution in [1.82, 2.24) is 25.3 Å². The quantitative estimate of drug-likeness (QED) is 0.301. The molecule has 2 heterocycles. The predicted octanol–water partition coefficient (Wildman–Crippen LogP) is 5.20. The highest BCUT2D eigenvalue weighted by Crippen LogP contribution is 2.31. The van der Waals surface area contributed by atoms with Gasteiger partial charge in [-0.05, 0) is 74.4 Å². The fourth-order valence-corrected chi connectivity index (χ4v) is 4.47. The Morgan fingerprint density at radius 3 is 2.62 bits per heavy atom. The maximum absolute atomic E-state index is 14.5. The summed E-state index contributed by atoms with van der Waals surface area (Å²) in [6.07, 6.45) is 2.37. The molecule has 0 spiro atoms. The highest BCUT2D eigenvalue weighted by molar-refractivity contribution is 6.02. The predicted molar refractivity (Wildman–Crippen MR) is 148 cm³/mol. The van der Waals surface area contributed by atoms with E-state index in [1.165, 1.54) is 27.8 Å². The maximum atomic E-state index is 14.5. The number of carbonyl (C=O) groups is 2. The summed E-state index contributed by atoms with van der Waals surface area (Å²) in [5.41, 5.74) is 2.36. The third-order valence-corrected chi connectivity index (χ3v) is 6.86. The van der Waals surface area contributed by atoms with Crippen molar-refractivity contribution < 1.29 is 14.0 Å². The normalized spacial score (nSPS) is 12.4. The largest absolute Gasteiger partial charge is 0.349 e. The molecule has 5 rings (SSSR count). The number of amides is 2. The molecule has 1 unspecified atom stereocenters. The molecule has 0 aliphatic rings. The van der Waals surface area contributed by atoms with Crippen molar-refractivity contribution in [2.24, 2.45) is 0 Å². The van der Waals surface area contributed by atoms with E-state index in [0.29, 0.717) is 23.0 Å². The Morgan fingerprint density at radius 2 is 1.82 bits per heavy atom. The van der Waals surface area contributed by atoms with Gasteiger partial charge in [-0.2, -0.15) is 0 Å². The van der Waals surface area contributed by atoms with Crippen LogP contribution in [0.2, 0.25) is 0 Å². The standard InChI is InChI=1S/C30H29FN6O2/c1-4-30(2,3)33-29(39)28(21-14-15-24-20(17-21)9-8-16-32-24)37(23-11-7-10-22(31)18-23)27(38)19-36-26-13-6-5-12-25(26)34-35-36/h5-18,28H,4,19H2,1-3H3,(H,33,39). The molecule has 0 radical (unpaired) electrons. The van der Waals surface area contributed by atoms with Gasteiger partial charge in [-0.1, -0.05) is 42.5 Å². The van der Waals surface area contributed by atoms with Gasteiger partial charge in [0.25, 0.3) is 0 Å². The molecule has 198 valence electrons. The molecule has 0 saturated heterocycles. The second-order valence-corrected chi connectivity index (χ2v) is 10.1. The average Bonchev–Trinajstić information content (AvgIpc) is 3.33. The van der Waals surface area contributed by atoms with Crippen LogP contribution in [0.4, 0.5) is 10.1 Å². The number of benzene rings is 3. The van der Waals surface area contributed by atoms with E-state index in [-0.39, 0.29) is 18.1 Å². The second kappa shape index (κ2) is 10.6. The summed E-state index contributed by atoms with van der Waals surface area (Å²) in [6, 6.07) is 21.0. The van der Waals surface area contributed by atoms with Crippen molar-refractivity contribution in [2.75, 3.05) is 4.90 Å². The van der Waals surface area contributed by atoms with Gasteiger partial charge < -0.3 is 5.32 Å². The lowest BCUT2D eigenvalue weighted by Crippen LogP contribution is -2.51. The van der Waals surface area contributed by atoms with Crippen LogP contribution >= 0.6 is 0 Å². The summed E-state index contributed by atoms with van der Waals surface area (Å²) >= 11 is 0. The van der Waals surface area contributed by atoms with E-state index in [1.54, 1.807) is 24.4 Å². The Hall–Kier alpha value is -4.66. The van der Waals surface area contributed by atoms with E-state index in [4.69, 9.17) is 0 Å². The summed E-state index contributed by atoms with van der Waals surface area (Å²) in [6.45, 7) is 5.61. The first kappa shape index (κ1) is 26.0. The van der Waals surface area contributed by atoms with E-state index in [0.717, 1.165) is 10.9 Å². The maximum Gasteiger partial charge on any atom is 0.249 e. The summed E-state index contributed by atoms with van der Waals surface area (Å²) in [4.78, 5) is 33.9. The lowest BCUT2D eigenvalue weighted by Gasteiger charge is -2.34. The molecular weight excluding hydrogens is 495 g/mol. The summed E-state index contributed by atoms with van der Waals surface area (Å²) in [5, 5.41) is 12.2. The fourth-order valence-electron chi connectivity index (χ4n) is 4.47. The number of nitrogens with one attached hydrogen (secondary N) is 1. The Bertz CT molecular complexity index is 1660. The van der Waals surface area contributed by atoms with Crippen LogP contribution in [0.3, 0.4) is 0 Å². The Kier molecular flexibility index (Phi) is 7.06. The van der Waals surface area contributed by atoms with E-state index >= 15 is 0 Å². The molecule has 2 amide bonds. The molecule has 0 fully saturated rings. The molecule has 9 heteroatoms. The van der Waals surface area contributed by atoms with Crippen molar-refractivity contribution >= 4 is 39.4 Å². The van der Waals surface area contributed by atoms with Crippen LogP contribution in [0.5, 0.6) is 0 Å². The first-order valence-corrected chi connectivity index (χ1v) is 12.8. The third kappa shape index (κ3) is 5.47. The van der Waals surface area contributed by atoms with E-state index in [9.17, 15) is 14.0 Å². The molecule has 0 aliphatic heterocycles. The summed E-state index contributed by atoms with van der Waals surface area (Å²) in [7, 11) is 0. The number of hydrogen-bond acceptors (Lipinski definition) is 5. The van der Waals surface area contributed by atoms with E-state index in [2.05, 4.69) is 20.6 Å². The van der Waals surface area contributed by atoms with Crippen molar-refractivity contribution in [3.63, 3.8) is 0 Å². The van der Waals surface area contributed by atoms with E-state index < -0.39 is 23.3 Å². The number of hydrogen-bond donors (Lipinski definition) is 1. The Labute approximate surface area is 225 Å². The number of anilines is 1. The average molecular weight is 525 g/mol. The minimum Gasteiger partial charge on any atom is -0.349 e. The van der Waals surface area contributed by atoms with Crippen LogP contribution in [0.1, 0.15) is 38.8 Å². The number of fused-ring (bicyclic) bond motifs is 2. The highest BCUT2D eigenvalue weighted by Gasteiger charge is 2.35. The van der Waals surface area contributed by atoms with Gasteiger partial charge in [0.1, 0.15) is 23.9 Å². The Balaban J connectivity index is 1.65. The second-order valence-electron chi connectivity index (χ2n) is 10.1. The number of halogens is 1. The molecule has 39 heavy (non-hydrogen) atoms. The van der Waals surface area contributed by atoms with E-state index in [1.807, 2.05) is 63.2 Å². The number of nitrogens with zero attached hydrogens (tertiary/aromatic N) is 5. The van der Waals surface area contributed by atoms with Crippen molar-refractivity contribution in [3.8, 4) is 0 Å². The van der Waals surface area contributed by atoms with Crippen LogP contribution in [-0.2, 0) is 16.1 Å². The van der Waals surface area contributed by atoms with Crippen molar-refractivity contribution in [3.05, 3.63) is 96.4 Å². The van der Waals surface area contributed by atoms with Crippen molar-refractivity contribution in [1.29, 1.82) is 0 Å². The summed E-state index contributed by atoms with van der Waals surface area (Å²) in [5.74, 6) is -1.35. The van der Waals surface area contributed by atoms with Gasteiger partial charge in [0.15, 0.2) is 0 Å². The van der Waals surface area contributed by atoms with Gasteiger partial charge in [-0.15, -0.1) is 5.10 Å². The number of pyridine rings is 1. The molecule has 5 aromatic rings. The highest BCUT2D eigenvalue weighted by atomic mass is 19.1. The molecule has 0 aliphatic carbocycles. The van der Waals surface area contributed by atoms with Gasteiger partial charge >= 0.3 is 0 Å². The van der Waals surface area contributed by atoms with Gasteiger partial charge in [-0.25, -0.2) is 9.07 Å². The zero-order valence-corrected chi connectivity index (χ0v) is 22.0. The van der Waals surface area contributed by atoms with Crippen LogP contribution in [0.15, 0.2) is 85.1 Å². The monoisotopic (exact) mass is 524 g/mol.